The molecule has 140 valence electrons. The molecule has 0 bridgehead atoms. The predicted octanol–water partition coefficient (Wildman–Crippen LogP) is 3.31. The topological polar surface area (TPSA) is 77.7 Å². The lowest BCUT2D eigenvalue weighted by atomic mass is 9.87. The molecule has 27 heavy (non-hydrogen) atoms. The number of hydrogen-bond acceptors (Lipinski definition) is 3. The van der Waals surface area contributed by atoms with Gasteiger partial charge in [0.1, 0.15) is 5.69 Å². The number of hydrogen-bond donors (Lipinski definition) is 2. The standard InChI is InChI=1S/C19H19F2N5O/c1-9(27)26(3)10-4-5-12-13(6-10)23-17(22-12)16-11-7-15-18(2,19(15,20)21)8-14(11)24-25-16/h4-6,15H,7-8H2,1-3H3,(H,22,23)(H,24,25)/t15-,18+/m0/s1. The zero-order valence-corrected chi connectivity index (χ0v) is 15.2. The number of carbonyl (C=O) groups is 1. The molecule has 2 aliphatic rings. The first kappa shape index (κ1) is 16.4. The molecule has 8 heteroatoms. The van der Waals surface area contributed by atoms with Gasteiger partial charge in [-0.25, -0.2) is 13.8 Å². The number of carbonyl (C=O) groups excluding carboxylic acids is 1. The van der Waals surface area contributed by atoms with Gasteiger partial charge in [-0.05, 0) is 24.6 Å². The zero-order chi connectivity index (χ0) is 19.1. The molecule has 0 saturated heterocycles. The Bertz CT molecular complexity index is 1100. The maximum absolute atomic E-state index is 14.1. The van der Waals surface area contributed by atoms with Gasteiger partial charge >= 0.3 is 0 Å². The van der Waals surface area contributed by atoms with Crippen molar-refractivity contribution < 1.29 is 13.6 Å². The summed E-state index contributed by atoms with van der Waals surface area (Å²) in [7, 11) is 1.70. The first-order valence-electron chi connectivity index (χ1n) is 8.91. The number of aromatic nitrogens is 4. The van der Waals surface area contributed by atoms with Crippen molar-refractivity contribution in [1.82, 2.24) is 20.2 Å². The summed E-state index contributed by atoms with van der Waals surface area (Å²) in [6.07, 6.45) is 0.612. The van der Waals surface area contributed by atoms with Gasteiger partial charge in [-0.1, -0.05) is 6.92 Å². The lowest BCUT2D eigenvalue weighted by molar-refractivity contribution is -0.116. The monoisotopic (exact) mass is 371 g/mol. The Labute approximate surface area is 154 Å². The minimum atomic E-state index is -2.62. The number of alkyl halides is 2. The van der Waals surface area contributed by atoms with Crippen LogP contribution < -0.4 is 4.90 Å². The number of halogens is 2. The number of H-pyrrole nitrogens is 2. The zero-order valence-electron chi connectivity index (χ0n) is 15.2. The Kier molecular flexibility index (Phi) is 3.00. The summed E-state index contributed by atoms with van der Waals surface area (Å²) in [4.78, 5) is 20.9. The molecule has 0 aliphatic heterocycles. The number of nitrogens with one attached hydrogen (secondary N) is 2. The molecule has 0 radical (unpaired) electrons. The highest BCUT2D eigenvalue weighted by molar-refractivity contribution is 5.93. The summed E-state index contributed by atoms with van der Waals surface area (Å²) >= 11 is 0. The second-order valence-electron chi connectivity index (χ2n) is 7.87. The van der Waals surface area contributed by atoms with Gasteiger partial charge in [-0.15, -0.1) is 0 Å². The quantitative estimate of drug-likeness (QED) is 0.726. The van der Waals surface area contributed by atoms with Crippen LogP contribution in [0.1, 0.15) is 25.1 Å². The number of rotatable bonds is 2. The molecular formula is C19H19F2N5O. The van der Waals surface area contributed by atoms with Gasteiger partial charge in [0.15, 0.2) is 5.82 Å². The van der Waals surface area contributed by atoms with Gasteiger partial charge in [0.2, 0.25) is 5.91 Å². The van der Waals surface area contributed by atoms with Gasteiger partial charge in [0, 0.05) is 48.7 Å². The third kappa shape index (κ3) is 2.06. The third-order valence-corrected chi connectivity index (χ3v) is 6.34. The molecule has 2 heterocycles. The number of imidazole rings is 1. The van der Waals surface area contributed by atoms with E-state index in [0.29, 0.717) is 29.9 Å². The minimum Gasteiger partial charge on any atom is -0.337 e. The van der Waals surface area contributed by atoms with Crippen LogP contribution in [0.15, 0.2) is 18.2 Å². The van der Waals surface area contributed by atoms with Gasteiger partial charge in [0.25, 0.3) is 5.92 Å². The maximum atomic E-state index is 14.1. The Morgan fingerprint density at radius 3 is 2.89 bits per heavy atom. The minimum absolute atomic E-state index is 0.0695. The molecule has 6 nitrogen and oxygen atoms in total. The summed E-state index contributed by atoms with van der Waals surface area (Å²) in [5.74, 6) is -2.77. The van der Waals surface area contributed by atoms with E-state index in [1.165, 1.54) is 6.92 Å². The molecule has 1 aromatic carbocycles. The lowest BCUT2D eigenvalue weighted by Crippen LogP contribution is -2.22. The van der Waals surface area contributed by atoms with Crippen molar-refractivity contribution >= 4 is 22.6 Å². The van der Waals surface area contributed by atoms with Crippen LogP contribution in [0.25, 0.3) is 22.6 Å². The van der Waals surface area contributed by atoms with Gasteiger partial charge in [-0.3, -0.25) is 9.89 Å². The van der Waals surface area contributed by atoms with E-state index < -0.39 is 17.3 Å². The van der Waals surface area contributed by atoms with Gasteiger partial charge in [-0.2, -0.15) is 5.10 Å². The fourth-order valence-corrected chi connectivity index (χ4v) is 4.30. The normalized spacial score (nSPS) is 25.1. The average molecular weight is 371 g/mol. The van der Waals surface area contributed by atoms with Crippen molar-refractivity contribution in [2.75, 3.05) is 11.9 Å². The molecule has 2 N–H and O–H groups in total. The van der Waals surface area contributed by atoms with E-state index in [-0.39, 0.29) is 5.91 Å². The van der Waals surface area contributed by atoms with Crippen LogP contribution in [0, 0.1) is 11.3 Å². The van der Waals surface area contributed by atoms with Crippen molar-refractivity contribution in [2.45, 2.75) is 32.6 Å². The van der Waals surface area contributed by atoms with Crippen LogP contribution in [0.3, 0.4) is 0 Å². The molecule has 1 fully saturated rings. The molecule has 2 aliphatic carbocycles. The molecular weight excluding hydrogens is 352 g/mol. The van der Waals surface area contributed by atoms with E-state index in [0.717, 1.165) is 22.5 Å². The Morgan fingerprint density at radius 2 is 2.15 bits per heavy atom. The van der Waals surface area contributed by atoms with Crippen LogP contribution >= 0.6 is 0 Å². The molecule has 0 unspecified atom stereocenters. The van der Waals surface area contributed by atoms with Crippen molar-refractivity contribution in [1.29, 1.82) is 0 Å². The molecule has 1 amide bonds. The van der Waals surface area contributed by atoms with Crippen LogP contribution in [0.5, 0.6) is 0 Å². The number of fused-ring (bicyclic) bond motifs is 3. The van der Waals surface area contributed by atoms with Crippen LogP contribution in [0.2, 0.25) is 0 Å². The van der Waals surface area contributed by atoms with E-state index in [1.807, 2.05) is 18.2 Å². The highest BCUT2D eigenvalue weighted by Gasteiger charge is 2.78. The van der Waals surface area contributed by atoms with Gasteiger partial charge in [0.05, 0.1) is 11.0 Å². The SMILES string of the molecule is CC(=O)N(C)c1ccc2[nH]c(-c3n[nH]c4c3C[C@@H]3C(F)(F)[C@]3(C)C4)nc2c1. The summed E-state index contributed by atoms with van der Waals surface area (Å²) < 4.78 is 28.3. The Morgan fingerprint density at radius 1 is 1.37 bits per heavy atom. The van der Waals surface area contributed by atoms with Crippen LogP contribution in [0.4, 0.5) is 14.5 Å². The molecule has 0 spiro atoms. The van der Waals surface area contributed by atoms with Crippen molar-refractivity contribution in [3.63, 3.8) is 0 Å². The highest BCUT2D eigenvalue weighted by atomic mass is 19.3. The van der Waals surface area contributed by atoms with Gasteiger partial charge < -0.3 is 9.88 Å². The lowest BCUT2D eigenvalue weighted by Gasteiger charge is -2.15. The fourth-order valence-electron chi connectivity index (χ4n) is 4.30. The largest absolute Gasteiger partial charge is 0.337 e. The average Bonchev–Trinajstić information content (AvgIpc) is 3.02. The molecule has 2 aromatic heterocycles. The second kappa shape index (κ2) is 4.94. The summed E-state index contributed by atoms with van der Waals surface area (Å²) in [5.41, 5.74) is 3.50. The van der Waals surface area contributed by atoms with E-state index in [1.54, 1.807) is 18.9 Å². The number of anilines is 1. The van der Waals surface area contributed by atoms with Crippen molar-refractivity contribution in [3.05, 3.63) is 29.5 Å². The number of nitrogens with zero attached hydrogens (tertiary/aromatic N) is 3. The predicted molar refractivity (Wildman–Crippen MR) is 96.7 cm³/mol. The van der Waals surface area contributed by atoms with E-state index >= 15 is 0 Å². The first-order chi connectivity index (χ1) is 12.7. The fraction of sp³-hybridized carbons (Fsp3) is 0.421. The summed E-state index contributed by atoms with van der Waals surface area (Å²) in [5, 5.41) is 7.29. The first-order valence-corrected chi connectivity index (χ1v) is 8.91. The van der Waals surface area contributed by atoms with Crippen LogP contribution in [-0.2, 0) is 17.6 Å². The maximum Gasteiger partial charge on any atom is 0.258 e. The third-order valence-electron chi connectivity index (χ3n) is 6.34. The van der Waals surface area contributed by atoms with E-state index in [2.05, 4.69) is 20.2 Å². The van der Waals surface area contributed by atoms with E-state index in [9.17, 15) is 13.6 Å². The molecule has 1 saturated carbocycles. The second-order valence-corrected chi connectivity index (χ2v) is 7.87. The van der Waals surface area contributed by atoms with Crippen molar-refractivity contribution in [3.8, 4) is 11.5 Å². The highest BCUT2D eigenvalue weighted by Crippen LogP contribution is 2.70. The number of aromatic amines is 2. The molecule has 5 rings (SSSR count). The summed E-state index contributed by atoms with van der Waals surface area (Å²) in [6.45, 7) is 3.15. The van der Waals surface area contributed by atoms with Crippen LogP contribution in [-0.4, -0.2) is 39.0 Å². The number of amides is 1. The summed E-state index contributed by atoms with van der Waals surface area (Å²) in [6, 6.07) is 5.51. The molecule has 3 aromatic rings. The molecule has 2 atom stereocenters. The Hall–Kier alpha value is -2.77. The Balaban J connectivity index is 1.54. The van der Waals surface area contributed by atoms with E-state index in [4.69, 9.17) is 0 Å². The smallest absolute Gasteiger partial charge is 0.258 e. The number of benzene rings is 1. The van der Waals surface area contributed by atoms with Crippen molar-refractivity contribution in [2.24, 2.45) is 11.3 Å².